The first-order chi connectivity index (χ1) is 12.2. The molecule has 1 N–H and O–H groups in total. The highest BCUT2D eigenvalue weighted by Crippen LogP contribution is 2.47. The van der Waals surface area contributed by atoms with Crippen LogP contribution in [0.5, 0.6) is 5.75 Å². The zero-order chi connectivity index (χ0) is 18.7. The van der Waals surface area contributed by atoms with Crippen molar-refractivity contribution in [2.24, 2.45) is 0 Å². The Labute approximate surface area is 160 Å². The number of piperidine rings is 1. The molecule has 1 saturated heterocycles. The molecule has 2 aromatic carbocycles. The number of aryl methyl sites for hydroxylation is 1. The van der Waals surface area contributed by atoms with Crippen molar-refractivity contribution in [1.82, 2.24) is 5.32 Å². The number of sulfone groups is 1. The Balaban J connectivity index is 1.86. The van der Waals surface area contributed by atoms with Crippen molar-refractivity contribution in [3.63, 3.8) is 0 Å². The fourth-order valence-electron chi connectivity index (χ4n) is 3.81. The number of fused-ring (bicyclic) bond motifs is 4. The summed E-state index contributed by atoms with van der Waals surface area (Å²) in [6, 6.07) is 12.1. The zero-order valence-corrected chi connectivity index (χ0v) is 16.7. The second-order valence-electron chi connectivity index (χ2n) is 7.09. The zero-order valence-electron chi connectivity index (χ0n) is 14.3. The third-order valence-electron chi connectivity index (χ3n) is 5.01. The Morgan fingerprint density at radius 2 is 1.88 bits per heavy atom. The van der Waals surface area contributed by atoms with E-state index < -0.39 is 32.6 Å². The molecule has 0 saturated carbocycles. The highest BCUT2D eigenvalue weighted by atomic mass is 79.9. The van der Waals surface area contributed by atoms with Crippen LogP contribution in [0.3, 0.4) is 0 Å². The number of nitrogens with one attached hydrogen (secondary N) is 1. The summed E-state index contributed by atoms with van der Waals surface area (Å²) in [6.07, 6.45) is 0.401. The van der Waals surface area contributed by atoms with Crippen molar-refractivity contribution >= 4 is 31.7 Å². The van der Waals surface area contributed by atoms with E-state index in [9.17, 15) is 13.2 Å². The Morgan fingerprint density at radius 1 is 1.19 bits per heavy atom. The molecule has 1 fully saturated rings. The van der Waals surface area contributed by atoms with E-state index >= 15 is 0 Å². The third kappa shape index (κ3) is 2.74. The van der Waals surface area contributed by atoms with Crippen LogP contribution >= 0.6 is 15.9 Å². The fraction of sp³-hybridized carbons (Fsp3) is 0.316. The lowest BCUT2D eigenvalue weighted by Gasteiger charge is -2.46. The summed E-state index contributed by atoms with van der Waals surface area (Å²) in [5.74, 6) is -0.382. The van der Waals surface area contributed by atoms with Gasteiger partial charge in [-0.05, 0) is 44.2 Å². The fourth-order valence-corrected chi connectivity index (χ4v) is 6.01. The number of halogens is 1. The number of carbonyl (C=O) groups excluding carboxylic acids is 1. The van der Waals surface area contributed by atoms with E-state index in [4.69, 9.17) is 4.74 Å². The SMILES string of the molecule is Cc1ccc(S(=O)(=O)[C@H]2C(=O)N[C@]3(C)C[C@H]2c2cc(Br)ccc2O3)cc1. The van der Waals surface area contributed by atoms with Crippen LogP contribution < -0.4 is 10.1 Å². The Morgan fingerprint density at radius 3 is 2.58 bits per heavy atom. The second kappa shape index (κ2) is 5.82. The molecule has 0 radical (unpaired) electrons. The summed E-state index contributed by atoms with van der Waals surface area (Å²) in [5, 5.41) is 1.58. The molecule has 4 rings (SSSR count). The Kier molecular flexibility index (Phi) is 3.93. The number of carbonyl (C=O) groups is 1. The summed E-state index contributed by atoms with van der Waals surface area (Å²) in [4.78, 5) is 13.0. The summed E-state index contributed by atoms with van der Waals surface area (Å²) in [5.41, 5.74) is 0.805. The first-order valence-corrected chi connectivity index (χ1v) is 10.6. The van der Waals surface area contributed by atoms with Crippen LogP contribution in [0.25, 0.3) is 0 Å². The molecule has 2 heterocycles. The molecule has 136 valence electrons. The topological polar surface area (TPSA) is 72.5 Å². The average molecular weight is 436 g/mol. The monoisotopic (exact) mass is 435 g/mol. The van der Waals surface area contributed by atoms with Crippen molar-refractivity contribution in [3.8, 4) is 5.75 Å². The normalized spacial score (nSPS) is 27.3. The van der Waals surface area contributed by atoms with Crippen LogP contribution in [0.4, 0.5) is 0 Å². The first-order valence-electron chi connectivity index (χ1n) is 8.31. The molecular weight excluding hydrogens is 418 g/mol. The minimum atomic E-state index is -3.84. The van der Waals surface area contributed by atoms with Gasteiger partial charge in [0.25, 0.3) is 0 Å². The maximum Gasteiger partial charge on any atom is 0.242 e. The lowest BCUT2D eigenvalue weighted by atomic mass is 9.81. The van der Waals surface area contributed by atoms with Crippen LogP contribution in [-0.4, -0.2) is 25.3 Å². The average Bonchev–Trinajstić information content (AvgIpc) is 2.55. The summed E-state index contributed by atoms with van der Waals surface area (Å²) < 4.78 is 33.4. The molecule has 2 aliphatic rings. The van der Waals surface area contributed by atoms with Crippen molar-refractivity contribution in [2.45, 2.75) is 42.1 Å². The number of hydrogen-bond donors (Lipinski definition) is 1. The van der Waals surface area contributed by atoms with Gasteiger partial charge in [0.05, 0.1) is 4.90 Å². The van der Waals surface area contributed by atoms with Gasteiger partial charge < -0.3 is 10.1 Å². The summed E-state index contributed by atoms with van der Waals surface area (Å²) in [7, 11) is -3.84. The van der Waals surface area contributed by atoms with Gasteiger partial charge in [-0.3, -0.25) is 4.79 Å². The van der Waals surface area contributed by atoms with Gasteiger partial charge in [-0.1, -0.05) is 33.6 Å². The Bertz CT molecular complexity index is 1000. The predicted molar refractivity (Wildman–Crippen MR) is 101 cm³/mol. The Hall–Kier alpha value is -1.86. The van der Waals surface area contributed by atoms with Crippen LogP contribution in [0.2, 0.25) is 0 Å². The van der Waals surface area contributed by atoms with Gasteiger partial charge in [-0.15, -0.1) is 0 Å². The van der Waals surface area contributed by atoms with Gasteiger partial charge in [-0.2, -0.15) is 0 Å². The van der Waals surface area contributed by atoms with E-state index in [-0.39, 0.29) is 4.90 Å². The molecule has 0 aliphatic carbocycles. The quantitative estimate of drug-likeness (QED) is 0.784. The highest BCUT2D eigenvalue weighted by molar-refractivity contribution is 9.10. The van der Waals surface area contributed by atoms with Crippen molar-refractivity contribution < 1.29 is 17.9 Å². The number of amides is 1. The molecule has 0 aromatic heterocycles. The molecule has 0 unspecified atom stereocenters. The van der Waals surface area contributed by atoms with E-state index in [0.29, 0.717) is 12.2 Å². The van der Waals surface area contributed by atoms with Gasteiger partial charge >= 0.3 is 0 Å². The molecule has 3 atom stereocenters. The van der Waals surface area contributed by atoms with Gasteiger partial charge in [0, 0.05) is 22.4 Å². The third-order valence-corrected chi connectivity index (χ3v) is 7.64. The van der Waals surface area contributed by atoms with Crippen LogP contribution in [-0.2, 0) is 14.6 Å². The van der Waals surface area contributed by atoms with Crippen molar-refractivity contribution in [1.29, 1.82) is 0 Å². The van der Waals surface area contributed by atoms with Gasteiger partial charge in [0.15, 0.2) is 20.8 Å². The molecular formula is C19H18BrNO4S. The van der Waals surface area contributed by atoms with E-state index in [0.717, 1.165) is 15.6 Å². The minimum absolute atomic E-state index is 0.162. The predicted octanol–water partition coefficient (Wildman–Crippen LogP) is 3.31. The lowest BCUT2D eigenvalue weighted by Crippen LogP contribution is -2.63. The summed E-state index contributed by atoms with van der Waals surface area (Å²) >= 11 is 3.43. The number of ether oxygens (including phenoxy) is 1. The number of hydrogen-bond acceptors (Lipinski definition) is 4. The highest BCUT2D eigenvalue weighted by Gasteiger charge is 2.54. The largest absolute Gasteiger partial charge is 0.468 e. The maximum atomic E-state index is 13.3. The van der Waals surface area contributed by atoms with E-state index in [2.05, 4.69) is 21.2 Å². The van der Waals surface area contributed by atoms with E-state index in [1.165, 1.54) is 0 Å². The second-order valence-corrected chi connectivity index (χ2v) is 10.1. The molecule has 2 aliphatic heterocycles. The minimum Gasteiger partial charge on any atom is -0.468 e. The van der Waals surface area contributed by atoms with Crippen molar-refractivity contribution in [2.75, 3.05) is 0 Å². The number of rotatable bonds is 2. The first kappa shape index (κ1) is 17.5. The van der Waals surface area contributed by atoms with E-state index in [1.54, 1.807) is 37.3 Å². The van der Waals surface area contributed by atoms with Crippen LogP contribution in [0.1, 0.15) is 30.4 Å². The van der Waals surface area contributed by atoms with E-state index in [1.807, 2.05) is 19.1 Å². The molecule has 0 spiro atoms. The molecule has 2 aromatic rings. The smallest absolute Gasteiger partial charge is 0.242 e. The van der Waals surface area contributed by atoms with Gasteiger partial charge in [0.2, 0.25) is 5.91 Å². The molecule has 26 heavy (non-hydrogen) atoms. The maximum absolute atomic E-state index is 13.3. The summed E-state index contributed by atoms with van der Waals surface area (Å²) in [6.45, 7) is 3.67. The molecule has 1 amide bonds. The van der Waals surface area contributed by atoms with Gasteiger partial charge in [0.1, 0.15) is 5.75 Å². The van der Waals surface area contributed by atoms with Crippen molar-refractivity contribution in [3.05, 3.63) is 58.1 Å². The standard InChI is InChI=1S/C19H18BrNO4S/c1-11-3-6-13(7-4-11)26(23,24)17-15-10-19(2,21-18(17)22)25-16-8-5-12(20)9-14(15)16/h3-9,15,17H,10H2,1-2H3,(H,21,22)/t15-,17+,19-/m0/s1. The van der Waals surface area contributed by atoms with Crippen LogP contribution in [0, 0.1) is 6.92 Å². The molecule has 7 heteroatoms. The van der Waals surface area contributed by atoms with Gasteiger partial charge in [-0.25, -0.2) is 8.42 Å². The molecule has 5 nitrogen and oxygen atoms in total. The molecule has 2 bridgehead atoms. The number of benzene rings is 2. The lowest BCUT2D eigenvalue weighted by molar-refractivity contribution is -0.132. The van der Waals surface area contributed by atoms with Crippen LogP contribution in [0.15, 0.2) is 51.8 Å².